The Balaban J connectivity index is 1.20. The zero-order valence-electron chi connectivity index (χ0n) is 22.8. The van der Waals surface area contributed by atoms with Crippen LogP contribution in [0.25, 0.3) is 67.5 Å². The lowest BCUT2D eigenvalue weighted by Gasteiger charge is -2.11. The van der Waals surface area contributed by atoms with Gasteiger partial charge in [0.15, 0.2) is 5.82 Å². The van der Waals surface area contributed by atoms with Crippen LogP contribution in [-0.2, 0) is 0 Å². The van der Waals surface area contributed by atoms with Crippen molar-refractivity contribution in [3.63, 3.8) is 0 Å². The van der Waals surface area contributed by atoms with Gasteiger partial charge in [-0.1, -0.05) is 121 Å². The fourth-order valence-electron chi connectivity index (χ4n) is 5.09. The van der Waals surface area contributed by atoms with Gasteiger partial charge in [-0.3, -0.25) is 9.97 Å². The van der Waals surface area contributed by atoms with Crippen molar-refractivity contribution in [2.75, 3.05) is 0 Å². The molecule has 4 nitrogen and oxygen atoms in total. The predicted octanol–water partition coefficient (Wildman–Crippen LogP) is 9.27. The zero-order valence-corrected chi connectivity index (χ0v) is 22.8. The molecule has 4 aromatic carbocycles. The minimum absolute atomic E-state index is 0.715. The van der Waals surface area contributed by atoms with Crippen molar-refractivity contribution in [2.24, 2.45) is 0 Å². The summed E-state index contributed by atoms with van der Waals surface area (Å²) in [6.07, 6.45) is 3.61. The van der Waals surface area contributed by atoms with Crippen LogP contribution in [0.15, 0.2) is 158 Å². The van der Waals surface area contributed by atoms with Crippen LogP contribution >= 0.6 is 0 Å². The van der Waals surface area contributed by atoms with Gasteiger partial charge in [-0.2, -0.15) is 0 Å². The van der Waals surface area contributed by atoms with E-state index in [0.29, 0.717) is 5.82 Å². The summed E-state index contributed by atoms with van der Waals surface area (Å²) in [5.41, 5.74) is 11.1. The predicted molar refractivity (Wildman–Crippen MR) is 170 cm³/mol. The van der Waals surface area contributed by atoms with E-state index >= 15 is 0 Å². The van der Waals surface area contributed by atoms with Crippen molar-refractivity contribution in [2.45, 2.75) is 0 Å². The average molecular weight is 539 g/mol. The molecule has 0 saturated heterocycles. The lowest BCUT2D eigenvalue weighted by Crippen LogP contribution is -1.95. The van der Waals surface area contributed by atoms with Crippen LogP contribution in [0.2, 0.25) is 0 Å². The van der Waals surface area contributed by atoms with Crippen molar-refractivity contribution in [3.8, 4) is 67.5 Å². The van der Waals surface area contributed by atoms with E-state index in [1.807, 2.05) is 79.0 Å². The van der Waals surface area contributed by atoms with E-state index in [2.05, 4.69) is 82.8 Å². The number of hydrogen-bond acceptors (Lipinski definition) is 4. The Morgan fingerprint density at radius 1 is 0.333 bits per heavy atom. The molecule has 7 rings (SSSR count). The third-order valence-corrected chi connectivity index (χ3v) is 7.25. The Hall–Kier alpha value is -5.74. The van der Waals surface area contributed by atoms with Gasteiger partial charge in [0.25, 0.3) is 0 Å². The minimum Gasteiger partial charge on any atom is -0.255 e. The highest BCUT2D eigenvalue weighted by Crippen LogP contribution is 2.32. The molecule has 0 aliphatic carbocycles. The van der Waals surface area contributed by atoms with Gasteiger partial charge in [-0.15, -0.1) is 0 Å². The summed E-state index contributed by atoms with van der Waals surface area (Å²) >= 11 is 0. The van der Waals surface area contributed by atoms with Gasteiger partial charge in [0, 0.05) is 34.6 Å². The van der Waals surface area contributed by atoms with Crippen molar-refractivity contribution < 1.29 is 0 Å². The SMILES string of the molecule is c1ccc(-c2cc(-c3ccc(-c4ccc(-c5cccnc5-c5ccccn5)cc4)cc3)nc(-c3ccccc3)n2)cc1. The van der Waals surface area contributed by atoms with Crippen LogP contribution in [-0.4, -0.2) is 19.9 Å². The Morgan fingerprint density at radius 2 is 0.857 bits per heavy atom. The standard InChI is InChI=1S/C38H26N4/c1-3-10-30(11-4-1)35-26-36(42-38(41-35)32-12-5-2-6-13-32)31-22-18-28(19-23-31)27-16-20-29(21-17-27)33-14-9-25-40-37(33)34-15-7-8-24-39-34/h1-26H. The van der Waals surface area contributed by atoms with Crippen LogP contribution in [0.5, 0.6) is 0 Å². The third-order valence-electron chi connectivity index (χ3n) is 7.25. The second kappa shape index (κ2) is 11.4. The molecule has 0 radical (unpaired) electrons. The molecule has 3 aromatic heterocycles. The fraction of sp³-hybridized carbons (Fsp3) is 0. The first-order valence-electron chi connectivity index (χ1n) is 13.9. The van der Waals surface area contributed by atoms with Crippen LogP contribution in [0.1, 0.15) is 0 Å². The van der Waals surface area contributed by atoms with Gasteiger partial charge >= 0.3 is 0 Å². The molecule has 4 heteroatoms. The number of rotatable bonds is 6. The Morgan fingerprint density at radius 3 is 1.48 bits per heavy atom. The maximum absolute atomic E-state index is 4.96. The molecule has 198 valence electrons. The Bertz CT molecular complexity index is 1880. The number of pyridine rings is 2. The second-order valence-corrected chi connectivity index (χ2v) is 9.96. The van der Waals surface area contributed by atoms with E-state index in [4.69, 9.17) is 9.97 Å². The quantitative estimate of drug-likeness (QED) is 0.212. The van der Waals surface area contributed by atoms with Gasteiger partial charge in [0.2, 0.25) is 0 Å². The normalized spacial score (nSPS) is 10.9. The summed E-state index contributed by atoms with van der Waals surface area (Å²) in [6.45, 7) is 0. The van der Waals surface area contributed by atoms with E-state index in [-0.39, 0.29) is 0 Å². The summed E-state index contributed by atoms with van der Waals surface area (Å²) < 4.78 is 0. The van der Waals surface area contributed by atoms with Gasteiger partial charge in [-0.25, -0.2) is 9.97 Å². The van der Waals surface area contributed by atoms with Crippen molar-refractivity contribution >= 4 is 0 Å². The van der Waals surface area contributed by atoms with Gasteiger partial charge < -0.3 is 0 Å². The van der Waals surface area contributed by atoms with Crippen LogP contribution in [0.4, 0.5) is 0 Å². The average Bonchev–Trinajstić information content (AvgIpc) is 3.09. The molecular weight excluding hydrogens is 512 g/mol. The molecule has 0 fully saturated rings. The highest BCUT2D eigenvalue weighted by molar-refractivity contribution is 5.81. The number of hydrogen-bond donors (Lipinski definition) is 0. The molecule has 0 bridgehead atoms. The first kappa shape index (κ1) is 25.2. The van der Waals surface area contributed by atoms with Gasteiger partial charge in [0.1, 0.15) is 0 Å². The van der Waals surface area contributed by atoms with E-state index < -0.39 is 0 Å². The highest BCUT2D eigenvalue weighted by atomic mass is 14.9. The molecule has 0 saturated carbocycles. The summed E-state index contributed by atoms with van der Waals surface area (Å²) in [4.78, 5) is 19.0. The molecule has 3 heterocycles. The molecule has 7 aromatic rings. The molecule has 0 aliphatic rings. The first-order valence-corrected chi connectivity index (χ1v) is 13.9. The number of benzene rings is 4. The number of aromatic nitrogens is 4. The smallest absolute Gasteiger partial charge is 0.160 e. The zero-order chi connectivity index (χ0) is 28.1. The lowest BCUT2D eigenvalue weighted by atomic mass is 9.97. The van der Waals surface area contributed by atoms with Crippen LogP contribution < -0.4 is 0 Å². The molecule has 0 amide bonds. The van der Waals surface area contributed by atoms with E-state index in [0.717, 1.165) is 61.7 Å². The molecular formula is C38H26N4. The topological polar surface area (TPSA) is 51.6 Å². The highest BCUT2D eigenvalue weighted by Gasteiger charge is 2.12. The summed E-state index contributed by atoms with van der Waals surface area (Å²) in [5, 5.41) is 0. The Kier molecular flexibility index (Phi) is 6.85. The third kappa shape index (κ3) is 5.21. The van der Waals surface area contributed by atoms with E-state index in [9.17, 15) is 0 Å². The Labute approximate surface area is 245 Å². The second-order valence-electron chi connectivity index (χ2n) is 9.96. The van der Waals surface area contributed by atoms with E-state index in [1.165, 1.54) is 0 Å². The fourth-order valence-corrected chi connectivity index (χ4v) is 5.09. The number of nitrogens with zero attached hydrogens (tertiary/aromatic N) is 4. The molecule has 0 unspecified atom stereocenters. The van der Waals surface area contributed by atoms with Crippen molar-refractivity contribution in [1.82, 2.24) is 19.9 Å². The summed E-state index contributed by atoms with van der Waals surface area (Å²) in [7, 11) is 0. The molecule has 0 N–H and O–H groups in total. The van der Waals surface area contributed by atoms with Gasteiger partial charge in [-0.05, 0) is 41.0 Å². The molecule has 0 spiro atoms. The molecule has 42 heavy (non-hydrogen) atoms. The molecule has 0 atom stereocenters. The van der Waals surface area contributed by atoms with Crippen molar-refractivity contribution in [3.05, 3.63) is 158 Å². The van der Waals surface area contributed by atoms with Crippen LogP contribution in [0, 0.1) is 0 Å². The maximum Gasteiger partial charge on any atom is 0.160 e. The van der Waals surface area contributed by atoms with Crippen molar-refractivity contribution in [1.29, 1.82) is 0 Å². The largest absolute Gasteiger partial charge is 0.255 e. The summed E-state index contributed by atoms with van der Waals surface area (Å²) in [5.74, 6) is 0.715. The lowest BCUT2D eigenvalue weighted by molar-refractivity contribution is 1.18. The van der Waals surface area contributed by atoms with E-state index in [1.54, 1.807) is 6.20 Å². The molecule has 0 aliphatic heterocycles. The van der Waals surface area contributed by atoms with Gasteiger partial charge in [0.05, 0.1) is 22.8 Å². The maximum atomic E-state index is 4.96. The van der Waals surface area contributed by atoms with Crippen LogP contribution in [0.3, 0.4) is 0 Å². The minimum atomic E-state index is 0.715. The first-order chi connectivity index (χ1) is 20.8. The summed E-state index contributed by atoms with van der Waals surface area (Å²) in [6, 6.07) is 49.6. The monoisotopic (exact) mass is 538 g/mol.